The maximum Gasteiger partial charge on any atom is 0.491 e. The summed E-state index contributed by atoms with van der Waals surface area (Å²) in [5, 5.41) is 0. The predicted octanol–water partition coefficient (Wildman–Crippen LogP) is -0.909. The average Bonchev–Trinajstić information content (AvgIpc) is 0.918. The second-order valence-corrected chi connectivity index (χ2v) is 0.274. The molecular weight excluding hydrogens is 134 g/mol. The van der Waals surface area contributed by atoms with Crippen LogP contribution in [0.2, 0.25) is 0 Å². The van der Waals surface area contributed by atoms with Gasteiger partial charge in [0, 0.05) is 17.1 Å². The van der Waals surface area contributed by atoms with E-state index in [1.807, 2.05) is 0 Å². The van der Waals surface area contributed by atoms with Crippen LogP contribution in [0.3, 0.4) is 0 Å². The van der Waals surface area contributed by atoms with Crippen molar-refractivity contribution in [3.05, 3.63) is 0 Å². The molecule has 3 nitrogen and oxygen atoms in total. The van der Waals surface area contributed by atoms with Crippen molar-refractivity contribution in [3.8, 4) is 0 Å². The van der Waals surface area contributed by atoms with Gasteiger partial charge in [0.1, 0.15) is 0 Å². The van der Waals surface area contributed by atoms with E-state index in [9.17, 15) is 0 Å². The summed E-state index contributed by atoms with van der Waals surface area (Å²) in [7, 11) is -1.17. The zero-order chi connectivity index (χ0) is 2.71. The summed E-state index contributed by atoms with van der Waals surface area (Å²) >= 11 is 0. The van der Waals surface area contributed by atoms with Crippen LogP contribution in [0.1, 0.15) is 0 Å². The summed E-state index contributed by atoms with van der Waals surface area (Å²) in [5.41, 5.74) is 0. The Morgan fingerprint density at radius 3 is 1.60 bits per heavy atom. The quantitative estimate of drug-likeness (QED) is 0.347. The fraction of sp³-hybridized carbons (Fsp3) is 0. The maximum absolute atomic E-state index is 8.51. The van der Waals surface area contributed by atoms with Gasteiger partial charge < -0.3 is 5.48 Å². The van der Waals surface area contributed by atoms with Gasteiger partial charge in [-0.1, -0.05) is 0 Å². The molecule has 5 heavy (non-hydrogen) atoms. The zero-order valence-electron chi connectivity index (χ0n) is 2.23. The minimum atomic E-state index is -1.17. The van der Waals surface area contributed by atoms with Crippen LogP contribution in [-0.2, 0) is 21.6 Å². The molecule has 0 aliphatic heterocycles. The molecule has 0 aliphatic rings. The van der Waals surface area contributed by atoms with Crippen LogP contribution < -0.4 is 0 Å². The molecule has 5 heteroatoms. The first kappa shape index (κ1) is 17.7. The van der Waals surface area contributed by atoms with Crippen molar-refractivity contribution in [3.63, 3.8) is 0 Å². The van der Waals surface area contributed by atoms with Gasteiger partial charge in [-0.3, -0.25) is 0 Å². The molecule has 0 saturated carbocycles. The Labute approximate surface area is 41.5 Å². The molecule has 0 aromatic heterocycles. The van der Waals surface area contributed by atoms with E-state index in [0.717, 1.165) is 0 Å². The molecule has 33 valence electrons. The topological polar surface area (TPSA) is 68.8 Å². The minimum Gasteiger partial charge on any atom is -0.412 e. The Bertz CT molecular complexity index is 14.4. The maximum atomic E-state index is 8.51. The first-order valence-electron chi connectivity index (χ1n) is 0.428. The van der Waals surface area contributed by atoms with Crippen molar-refractivity contribution in [1.82, 2.24) is 0 Å². The monoisotopic (exact) mass is 138 g/mol. The van der Waals surface area contributed by atoms with E-state index in [-0.39, 0.29) is 22.5 Å². The van der Waals surface area contributed by atoms with Gasteiger partial charge in [-0.15, -0.1) is 0 Å². The van der Waals surface area contributed by atoms with Crippen LogP contribution in [0.25, 0.3) is 0 Å². The Kier molecular flexibility index (Phi) is 84.9. The average molecular weight is 138 g/mol. The Morgan fingerprint density at radius 2 is 1.60 bits per heavy atom. The van der Waals surface area contributed by atoms with Gasteiger partial charge in [0.05, 0.1) is 0 Å². The molecule has 3 N–H and O–H groups in total. The fourth-order valence-electron chi connectivity index (χ4n) is 0. The molecule has 0 aliphatic carbocycles. The van der Waals surface area contributed by atoms with Crippen LogP contribution in [0.4, 0.5) is 0 Å². The summed E-state index contributed by atoms with van der Waals surface area (Å²) < 4.78 is 8.51. The Morgan fingerprint density at radius 1 is 1.60 bits per heavy atom. The normalized spacial score (nSPS) is 4.20. The molecule has 0 aromatic carbocycles. The predicted molar refractivity (Wildman–Crippen MR) is 14.8 cm³/mol. The molecule has 0 rings (SSSR count). The summed E-state index contributed by atoms with van der Waals surface area (Å²) in [6.45, 7) is 0. The molecule has 1 unspecified atom stereocenters. The molecule has 1 atom stereocenters. The van der Waals surface area contributed by atoms with Crippen molar-refractivity contribution in [2.75, 3.05) is 0 Å². The minimum absolute atomic E-state index is 0. The number of hydrogen-bond acceptors (Lipinski definition) is 1. The summed E-state index contributed by atoms with van der Waals surface area (Å²) in [6.07, 6.45) is 0. The van der Waals surface area contributed by atoms with Gasteiger partial charge in [-0.25, -0.2) is 0 Å². The molecule has 0 heterocycles. The van der Waals surface area contributed by atoms with Gasteiger partial charge >= 0.3 is 8.69 Å². The molecule has 0 bridgehead atoms. The van der Waals surface area contributed by atoms with E-state index in [2.05, 4.69) is 0 Å². The van der Waals surface area contributed by atoms with Gasteiger partial charge in [-0.05, 0) is 4.57 Å². The second kappa shape index (κ2) is 24.0. The Hall–Kier alpha value is 0.539. The second-order valence-electron chi connectivity index (χ2n) is 0.0913. The first-order chi connectivity index (χ1) is 1.41. The zero-order valence-corrected chi connectivity index (χ0v) is 4.41. The smallest absolute Gasteiger partial charge is 0.412 e. The molecule has 0 aromatic rings. The van der Waals surface area contributed by atoms with Gasteiger partial charge in [-0.2, -0.15) is 4.89 Å². The van der Waals surface area contributed by atoms with E-state index in [0.29, 0.717) is 0 Å². The summed E-state index contributed by atoms with van der Waals surface area (Å²) in [6, 6.07) is 0. The van der Waals surface area contributed by atoms with Crippen LogP contribution in [0.5, 0.6) is 0 Å². The summed E-state index contributed by atoms with van der Waals surface area (Å²) in [4.78, 5) is 7.04. The molecule has 0 amide bonds. The molecule has 1 radical (unpaired) electrons. The number of hydrogen-bond donors (Lipinski definition) is 1. The van der Waals surface area contributed by atoms with Crippen molar-refractivity contribution < 1.29 is 32.0 Å². The SMILES string of the molecule is O.O=[PH+]O.[Mn]. The van der Waals surface area contributed by atoms with Crippen molar-refractivity contribution in [2.45, 2.75) is 0 Å². The molecule has 0 spiro atoms. The third-order valence-corrected chi connectivity index (χ3v) is 0. The largest absolute Gasteiger partial charge is 0.491 e. The molecule has 0 saturated heterocycles. The van der Waals surface area contributed by atoms with Crippen LogP contribution in [-0.4, -0.2) is 10.4 Å². The Balaban J connectivity index is -0.0000000200. The molecule has 0 fully saturated rings. The van der Waals surface area contributed by atoms with E-state index in [1.54, 1.807) is 0 Å². The van der Waals surface area contributed by atoms with Crippen molar-refractivity contribution in [2.24, 2.45) is 0 Å². The van der Waals surface area contributed by atoms with E-state index in [1.165, 1.54) is 0 Å². The van der Waals surface area contributed by atoms with Gasteiger partial charge in [0.25, 0.3) is 0 Å². The molecular formula is H4MnO3P+. The fourth-order valence-corrected chi connectivity index (χ4v) is 0. The van der Waals surface area contributed by atoms with E-state index < -0.39 is 8.69 Å². The first-order valence-corrected chi connectivity index (χ1v) is 1.28. The third kappa shape index (κ3) is 101. The van der Waals surface area contributed by atoms with Gasteiger partial charge in [0.15, 0.2) is 0 Å². The van der Waals surface area contributed by atoms with Crippen molar-refractivity contribution in [1.29, 1.82) is 0 Å². The van der Waals surface area contributed by atoms with Crippen LogP contribution in [0.15, 0.2) is 0 Å². The number of rotatable bonds is 0. The summed E-state index contributed by atoms with van der Waals surface area (Å²) in [5.74, 6) is 0. The van der Waals surface area contributed by atoms with Crippen molar-refractivity contribution >= 4 is 8.69 Å². The van der Waals surface area contributed by atoms with Crippen LogP contribution >= 0.6 is 8.69 Å². The van der Waals surface area contributed by atoms with Crippen LogP contribution in [0, 0.1) is 0 Å². The van der Waals surface area contributed by atoms with Gasteiger partial charge in [0.2, 0.25) is 0 Å². The van der Waals surface area contributed by atoms with E-state index in [4.69, 9.17) is 9.46 Å². The van der Waals surface area contributed by atoms with E-state index >= 15 is 0 Å². The third-order valence-electron chi connectivity index (χ3n) is 0. The standard InChI is InChI=1S/Mn.HO2P.H2O/c;1-3-2;/h;3H;1H2/p+1.